The van der Waals surface area contributed by atoms with Crippen LogP contribution in [-0.2, 0) is 9.53 Å². The monoisotopic (exact) mass is 409 g/mol. The summed E-state index contributed by atoms with van der Waals surface area (Å²) in [7, 11) is -1.55. The molecule has 0 spiro atoms. The molecule has 1 amide bonds. The van der Waals surface area contributed by atoms with E-state index in [0.29, 0.717) is 0 Å². The third-order valence-corrected chi connectivity index (χ3v) is 10.1. The Labute approximate surface area is 170 Å². The molecule has 0 heterocycles. The number of hydrogen-bond donors (Lipinski definition) is 2. The Morgan fingerprint density at radius 1 is 0.828 bits per heavy atom. The summed E-state index contributed by atoms with van der Waals surface area (Å²) in [6.45, 7) is 0. The van der Waals surface area contributed by atoms with Crippen molar-refractivity contribution < 1.29 is 19.4 Å². The minimum absolute atomic E-state index is 0.259. The quantitative estimate of drug-likeness (QED) is 0.588. The number of carbonyl (C=O) groups excluding carboxylic acids is 1. The van der Waals surface area contributed by atoms with Gasteiger partial charge in [0.05, 0.1) is 0 Å². The first-order valence-corrected chi connectivity index (χ1v) is 11.5. The molecular formula is C23H24NO4P. The second-order valence-electron chi connectivity index (χ2n) is 6.73. The van der Waals surface area contributed by atoms with Gasteiger partial charge in [-0.05, 0) is 0 Å². The Kier molecular flexibility index (Phi) is 6.63. The Hall–Kier alpha value is -3.17. The van der Waals surface area contributed by atoms with Crippen molar-refractivity contribution in [1.82, 2.24) is 5.32 Å². The third kappa shape index (κ3) is 4.47. The summed E-state index contributed by atoms with van der Waals surface area (Å²) in [5.74, 6) is -1.09. The fourth-order valence-corrected chi connectivity index (χ4v) is 8.61. The van der Waals surface area contributed by atoms with Gasteiger partial charge in [-0.2, -0.15) is 0 Å². The van der Waals surface area contributed by atoms with E-state index in [4.69, 9.17) is 0 Å². The number of carboxylic acid groups (broad SMARTS) is 1. The number of carbonyl (C=O) groups is 2. The van der Waals surface area contributed by atoms with Crippen LogP contribution in [0.25, 0.3) is 0 Å². The van der Waals surface area contributed by atoms with Gasteiger partial charge in [0, 0.05) is 0 Å². The van der Waals surface area contributed by atoms with Gasteiger partial charge in [-0.3, -0.25) is 0 Å². The van der Waals surface area contributed by atoms with E-state index in [1.807, 2.05) is 91.0 Å². The summed E-state index contributed by atoms with van der Waals surface area (Å²) in [6.07, 6.45) is -0.496. The number of methoxy groups -OCH3 is 1. The first-order chi connectivity index (χ1) is 14.1. The molecule has 2 N–H and O–H groups in total. The number of benzene rings is 3. The van der Waals surface area contributed by atoms with Crippen molar-refractivity contribution >= 4 is 35.2 Å². The van der Waals surface area contributed by atoms with Crippen molar-refractivity contribution in [3.05, 3.63) is 91.0 Å². The van der Waals surface area contributed by atoms with Gasteiger partial charge in [-0.25, -0.2) is 0 Å². The summed E-state index contributed by atoms with van der Waals surface area (Å²) < 4.78 is 4.66. The molecule has 0 fully saturated rings. The zero-order chi connectivity index (χ0) is 20.7. The summed E-state index contributed by atoms with van der Waals surface area (Å²) in [4.78, 5) is 23.9. The SMILES string of the molecule is COC(=O)N[C@@H](C[PH](c1ccccc1)(c1ccccc1)c1ccccc1)C(=O)O. The van der Waals surface area contributed by atoms with Crippen LogP contribution in [0.3, 0.4) is 0 Å². The summed E-state index contributed by atoms with van der Waals surface area (Å²) in [5, 5.41) is 15.6. The van der Waals surface area contributed by atoms with E-state index in [1.165, 1.54) is 7.11 Å². The predicted octanol–water partition coefficient (Wildman–Crippen LogP) is 2.52. The van der Waals surface area contributed by atoms with Gasteiger partial charge >= 0.3 is 170 Å². The fourth-order valence-electron chi connectivity index (χ4n) is 3.73. The molecule has 3 aromatic rings. The standard InChI is InChI=1S/C23H24NO4P/c1-28-23(27)24-21(22(25)26)17-29(18-11-5-2-6-12-18,19-13-7-3-8-14-19)20-15-9-4-10-16-20/h2-16,21,29H,17H2,1H3,(H,24,27)(H,25,26)/t21-/m0/s1. The Morgan fingerprint density at radius 2 is 1.21 bits per heavy atom. The number of carboxylic acids is 1. The van der Waals surface area contributed by atoms with E-state index in [9.17, 15) is 14.7 Å². The van der Waals surface area contributed by atoms with Crippen LogP contribution < -0.4 is 21.2 Å². The van der Waals surface area contributed by atoms with Crippen LogP contribution in [0.1, 0.15) is 0 Å². The van der Waals surface area contributed by atoms with Gasteiger partial charge in [0.1, 0.15) is 0 Å². The number of alkyl carbamates (subject to hydrolysis) is 1. The van der Waals surface area contributed by atoms with Gasteiger partial charge in [0.25, 0.3) is 0 Å². The Bertz CT molecular complexity index is 852. The Morgan fingerprint density at radius 3 is 1.52 bits per heavy atom. The van der Waals surface area contributed by atoms with Gasteiger partial charge in [-0.1, -0.05) is 0 Å². The maximum absolute atomic E-state index is 12.1. The number of nitrogens with one attached hydrogen (secondary N) is 1. The predicted molar refractivity (Wildman–Crippen MR) is 118 cm³/mol. The van der Waals surface area contributed by atoms with Crippen LogP contribution in [-0.4, -0.2) is 36.5 Å². The molecule has 0 bridgehead atoms. The number of rotatable bonds is 7. The molecular weight excluding hydrogens is 385 g/mol. The topological polar surface area (TPSA) is 75.6 Å². The molecule has 6 heteroatoms. The zero-order valence-electron chi connectivity index (χ0n) is 16.1. The van der Waals surface area contributed by atoms with E-state index in [2.05, 4.69) is 10.1 Å². The van der Waals surface area contributed by atoms with E-state index >= 15 is 0 Å². The van der Waals surface area contributed by atoms with Crippen LogP contribution in [0.2, 0.25) is 0 Å². The molecule has 0 aromatic heterocycles. The molecule has 29 heavy (non-hydrogen) atoms. The molecule has 1 atom stereocenters. The van der Waals surface area contributed by atoms with Gasteiger partial charge in [0.2, 0.25) is 0 Å². The van der Waals surface area contributed by atoms with Crippen LogP contribution >= 0.6 is 7.26 Å². The average Bonchev–Trinajstić information content (AvgIpc) is 2.78. The van der Waals surface area contributed by atoms with Crippen LogP contribution in [0.5, 0.6) is 0 Å². The number of ether oxygens (including phenoxy) is 1. The maximum atomic E-state index is 12.1. The van der Waals surface area contributed by atoms with Crippen molar-refractivity contribution in [1.29, 1.82) is 0 Å². The minimum atomic E-state index is -2.78. The second kappa shape index (κ2) is 9.35. The van der Waals surface area contributed by atoms with Gasteiger partial charge in [0.15, 0.2) is 0 Å². The molecule has 5 nitrogen and oxygen atoms in total. The van der Waals surface area contributed by atoms with Gasteiger partial charge in [-0.15, -0.1) is 0 Å². The van der Waals surface area contributed by atoms with Gasteiger partial charge < -0.3 is 0 Å². The average molecular weight is 409 g/mol. The first kappa shape index (κ1) is 20.6. The van der Waals surface area contributed by atoms with Crippen molar-refractivity contribution in [2.24, 2.45) is 0 Å². The molecule has 0 aliphatic heterocycles. The van der Waals surface area contributed by atoms with E-state index in [-0.39, 0.29) is 6.16 Å². The summed E-state index contributed by atoms with van der Waals surface area (Å²) >= 11 is 0. The first-order valence-electron chi connectivity index (χ1n) is 9.32. The Balaban J connectivity index is 2.24. The fraction of sp³-hybridized carbons (Fsp3) is 0.130. The molecule has 0 saturated heterocycles. The molecule has 0 aliphatic rings. The number of aliphatic carboxylic acids is 1. The molecule has 0 unspecified atom stereocenters. The molecule has 0 saturated carbocycles. The molecule has 3 aromatic carbocycles. The van der Waals surface area contributed by atoms with Crippen molar-refractivity contribution in [2.75, 3.05) is 13.3 Å². The normalized spacial score (nSPS) is 12.6. The zero-order valence-corrected chi connectivity index (χ0v) is 17.1. The van der Waals surface area contributed by atoms with Crippen LogP contribution in [0.15, 0.2) is 91.0 Å². The molecule has 0 radical (unpaired) electrons. The third-order valence-electron chi connectivity index (χ3n) is 5.09. The number of amides is 1. The number of hydrogen-bond acceptors (Lipinski definition) is 3. The molecule has 0 aliphatic carbocycles. The van der Waals surface area contributed by atoms with E-state index in [0.717, 1.165) is 15.9 Å². The molecule has 3 rings (SSSR count). The van der Waals surface area contributed by atoms with E-state index in [1.54, 1.807) is 0 Å². The summed E-state index contributed by atoms with van der Waals surface area (Å²) in [6, 6.07) is 28.8. The van der Waals surface area contributed by atoms with Crippen LogP contribution in [0, 0.1) is 0 Å². The van der Waals surface area contributed by atoms with Crippen molar-refractivity contribution in [2.45, 2.75) is 6.04 Å². The second-order valence-corrected chi connectivity index (χ2v) is 10.7. The van der Waals surface area contributed by atoms with Crippen molar-refractivity contribution in [3.8, 4) is 0 Å². The molecule has 150 valence electrons. The van der Waals surface area contributed by atoms with Crippen molar-refractivity contribution in [3.63, 3.8) is 0 Å². The summed E-state index contributed by atoms with van der Waals surface area (Å²) in [5.41, 5.74) is 0. The van der Waals surface area contributed by atoms with Crippen LogP contribution in [0.4, 0.5) is 4.79 Å². The van der Waals surface area contributed by atoms with E-state index < -0.39 is 25.4 Å².